The molecule has 5 heteroatoms. The van der Waals surface area contributed by atoms with E-state index in [9.17, 15) is 9.18 Å². The van der Waals surface area contributed by atoms with Gasteiger partial charge >= 0.3 is 0 Å². The first-order valence-electron chi connectivity index (χ1n) is 8.17. The van der Waals surface area contributed by atoms with Crippen molar-refractivity contribution in [1.82, 2.24) is 4.90 Å². The molecule has 0 saturated carbocycles. The first kappa shape index (κ1) is 18.1. The molecule has 0 bridgehead atoms. The number of ether oxygens (including phenoxy) is 1. The largest absolute Gasteiger partial charge is 0.484 e. The predicted octanol–water partition coefficient (Wildman–Crippen LogP) is 4.12. The van der Waals surface area contributed by atoms with Crippen molar-refractivity contribution in [2.75, 3.05) is 18.9 Å². The molecule has 1 amide bonds. The summed E-state index contributed by atoms with van der Waals surface area (Å²) in [5.41, 5.74) is 0. The van der Waals surface area contributed by atoms with Crippen LogP contribution in [0.3, 0.4) is 0 Å². The fourth-order valence-corrected chi connectivity index (χ4v) is 3.65. The number of carbonyl (C=O) groups is 1. The summed E-state index contributed by atoms with van der Waals surface area (Å²) in [4.78, 5) is 14.5. The summed E-state index contributed by atoms with van der Waals surface area (Å²) in [5.74, 6) is 1.20. The van der Waals surface area contributed by atoms with Gasteiger partial charge in [0.15, 0.2) is 6.61 Å². The van der Waals surface area contributed by atoms with Crippen molar-refractivity contribution in [3.05, 3.63) is 30.1 Å². The van der Waals surface area contributed by atoms with Crippen molar-refractivity contribution < 1.29 is 13.9 Å². The molecular weight excluding hydrogens is 313 g/mol. The van der Waals surface area contributed by atoms with Crippen LogP contribution in [0.25, 0.3) is 0 Å². The topological polar surface area (TPSA) is 29.5 Å². The summed E-state index contributed by atoms with van der Waals surface area (Å²) in [6.07, 6.45) is 3.29. The molecule has 0 N–H and O–H groups in total. The first-order valence-corrected chi connectivity index (χ1v) is 9.15. The van der Waals surface area contributed by atoms with E-state index >= 15 is 0 Å². The van der Waals surface area contributed by atoms with Crippen molar-refractivity contribution in [1.29, 1.82) is 0 Å². The first-order chi connectivity index (χ1) is 10.8. The minimum Gasteiger partial charge on any atom is -0.484 e. The van der Waals surface area contributed by atoms with Crippen LogP contribution in [0, 0.1) is 5.82 Å². The zero-order chi connectivity index (χ0) is 16.9. The predicted molar refractivity (Wildman–Crippen MR) is 93.5 cm³/mol. The molecule has 1 heterocycles. The van der Waals surface area contributed by atoms with Gasteiger partial charge in [-0.05, 0) is 43.5 Å². The number of halogens is 1. The molecular formula is C18H26FNO2S. The van der Waals surface area contributed by atoms with Crippen LogP contribution in [0.4, 0.5) is 4.39 Å². The average Bonchev–Trinajstić information content (AvgIpc) is 2.52. The fourth-order valence-electron chi connectivity index (χ4n) is 2.61. The number of nitrogens with zero attached hydrogens (tertiary/aromatic N) is 1. The summed E-state index contributed by atoms with van der Waals surface area (Å²) < 4.78 is 18.6. The highest BCUT2D eigenvalue weighted by Gasteiger charge is 2.28. The average molecular weight is 339 g/mol. The van der Waals surface area contributed by atoms with E-state index in [1.54, 1.807) is 12.1 Å². The molecule has 1 fully saturated rings. The van der Waals surface area contributed by atoms with Gasteiger partial charge < -0.3 is 9.64 Å². The van der Waals surface area contributed by atoms with Gasteiger partial charge in [0.05, 0.1) is 0 Å². The minimum atomic E-state index is -0.307. The lowest BCUT2D eigenvalue weighted by atomic mass is 10.0. The van der Waals surface area contributed by atoms with Crippen molar-refractivity contribution in [2.45, 2.75) is 50.8 Å². The molecule has 1 aliphatic rings. The Morgan fingerprint density at radius 2 is 2.00 bits per heavy atom. The maximum Gasteiger partial charge on any atom is 0.260 e. The number of likely N-dealkylation sites (tertiary alicyclic amines) is 1. The Labute approximate surface area is 142 Å². The highest BCUT2D eigenvalue weighted by molar-refractivity contribution is 8.00. The van der Waals surface area contributed by atoms with E-state index in [0.717, 1.165) is 25.1 Å². The zero-order valence-electron chi connectivity index (χ0n) is 14.2. The molecule has 23 heavy (non-hydrogen) atoms. The smallest absolute Gasteiger partial charge is 0.260 e. The Morgan fingerprint density at radius 3 is 2.65 bits per heavy atom. The lowest BCUT2D eigenvalue weighted by Crippen LogP contribution is -2.47. The van der Waals surface area contributed by atoms with Crippen LogP contribution in [-0.4, -0.2) is 40.5 Å². The number of benzene rings is 1. The van der Waals surface area contributed by atoms with Gasteiger partial charge in [-0.2, -0.15) is 11.8 Å². The molecule has 0 aromatic heterocycles. The van der Waals surface area contributed by atoms with Gasteiger partial charge in [0.25, 0.3) is 5.91 Å². The SMILES string of the molecule is CC(C)(C)SCC1CCCCN1C(=O)COc1ccc(F)cc1. The standard InChI is InChI=1S/C18H26FNO2S/c1-18(2,3)23-13-15-6-4-5-11-20(15)17(21)12-22-16-9-7-14(19)8-10-16/h7-10,15H,4-6,11-13H2,1-3H3. The second-order valence-electron chi connectivity index (χ2n) is 6.90. The van der Waals surface area contributed by atoms with E-state index in [1.165, 1.54) is 18.6 Å². The Hall–Kier alpha value is -1.23. The van der Waals surface area contributed by atoms with Gasteiger partial charge in [0.2, 0.25) is 0 Å². The summed E-state index contributed by atoms with van der Waals surface area (Å²) in [6, 6.07) is 6.06. The maximum atomic E-state index is 12.9. The highest BCUT2D eigenvalue weighted by Crippen LogP contribution is 2.28. The van der Waals surface area contributed by atoms with E-state index < -0.39 is 0 Å². The molecule has 0 aliphatic carbocycles. The van der Waals surface area contributed by atoms with Crippen LogP contribution in [-0.2, 0) is 4.79 Å². The van der Waals surface area contributed by atoms with Crippen molar-refractivity contribution >= 4 is 17.7 Å². The maximum absolute atomic E-state index is 12.9. The molecule has 128 valence electrons. The van der Waals surface area contributed by atoms with Crippen LogP contribution in [0.15, 0.2) is 24.3 Å². The number of piperidine rings is 1. The van der Waals surface area contributed by atoms with Crippen LogP contribution >= 0.6 is 11.8 Å². The summed E-state index contributed by atoms with van der Waals surface area (Å²) in [5, 5.41) is 0. The molecule has 0 spiro atoms. The van der Waals surface area contributed by atoms with E-state index in [2.05, 4.69) is 20.8 Å². The van der Waals surface area contributed by atoms with Crippen molar-refractivity contribution in [2.24, 2.45) is 0 Å². The molecule has 1 aliphatic heterocycles. The van der Waals surface area contributed by atoms with Crippen LogP contribution in [0.2, 0.25) is 0 Å². The number of thioether (sulfide) groups is 1. The lowest BCUT2D eigenvalue weighted by molar-refractivity contribution is -0.136. The molecule has 1 unspecified atom stereocenters. The highest BCUT2D eigenvalue weighted by atomic mass is 32.2. The molecule has 3 nitrogen and oxygen atoms in total. The van der Waals surface area contributed by atoms with Gasteiger partial charge in [-0.1, -0.05) is 20.8 Å². The second-order valence-corrected chi connectivity index (χ2v) is 8.75. The van der Waals surface area contributed by atoms with Crippen LogP contribution in [0.5, 0.6) is 5.75 Å². The Morgan fingerprint density at radius 1 is 1.30 bits per heavy atom. The van der Waals surface area contributed by atoms with E-state index in [4.69, 9.17) is 4.74 Å². The van der Waals surface area contributed by atoms with E-state index in [1.807, 2.05) is 16.7 Å². The van der Waals surface area contributed by atoms with E-state index in [0.29, 0.717) is 5.75 Å². The quantitative estimate of drug-likeness (QED) is 0.808. The third kappa shape index (κ3) is 6.05. The molecule has 1 saturated heterocycles. The molecule has 1 aromatic rings. The molecule has 1 atom stereocenters. The Bertz CT molecular complexity index is 513. The van der Waals surface area contributed by atoms with E-state index in [-0.39, 0.29) is 29.1 Å². The van der Waals surface area contributed by atoms with Gasteiger partial charge in [-0.3, -0.25) is 4.79 Å². The number of rotatable bonds is 5. The van der Waals surface area contributed by atoms with Gasteiger partial charge in [-0.15, -0.1) is 0 Å². The van der Waals surface area contributed by atoms with Crippen LogP contribution in [0.1, 0.15) is 40.0 Å². The number of amides is 1. The molecule has 2 rings (SSSR count). The summed E-state index contributed by atoms with van der Waals surface area (Å²) in [6.45, 7) is 7.42. The minimum absolute atomic E-state index is 0.0162. The summed E-state index contributed by atoms with van der Waals surface area (Å²) in [7, 11) is 0. The van der Waals surface area contributed by atoms with Crippen LogP contribution < -0.4 is 4.74 Å². The lowest BCUT2D eigenvalue weighted by Gasteiger charge is -2.36. The third-order valence-corrected chi connectivity index (χ3v) is 5.25. The summed E-state index contributed by atoms with van der Waals surface area (Å²) >= 11 is 1.90. The third-order valence-electron chi connectivity index (χ3n) is 3.83. The number of hydrogen-bond donors (Lipinski definition) is 0. The fraction of sp³-hybridized carbons (Fsp3) is 0.611. The Balaban J connectivity index is 1.88. The Kier molecular flexibility index (Phi) is 6.33. The van der Waals surface area contributed by atoms with Gasteiger partial charge in [0.1, 0.15) is 11.6 Å². The normalized spacial score (nSPS) is 18.8. The molecule has 1 aromatic carbocycles. The van der Waals surface area contributed by atoms with Gasteiger partial charge in [0, 0.05) is 23.1 Å². The van der Waals surface area contributed by atoms with Crippen molar-refractivity contribution in [3.63, 3.8) is 0 Å². The van der Waals surface area contributed by atoms with Crippen molar-refractivity contribution in [3.8, 4) is 5.75 Å². The monoisotopic (exact) mass is 339 g/mol. The number of hydrogen-bond acceptors (Lipinski definition) is 3. The zero-order valence-corrected chi connectivity index (χ0v) is 15.0. The van der Waals surface area contributed by atoms with Gasteiger partial charge in [-0.25, -0.2) is 4.39 Å². The number of carbonyl (C=O) groups excluding carboxylic acids is 1. The molecule has 0 radical (unpaired) electrons. The second kappa shape index (κ2) is 8.04.